The predicted octanol–water partition coefficient (Wildman–Crippen LogP) is 2.35. The third-order valence-corrected chi connectivity index (χ3v) is 3.31. The quantitative estimate of drug-likeness (QED) is 0.875. The number of hydrogen-bond donors (Lipinski definition) is 2. The number of likely N-dealkylation sites (tertiary alicyclic amines) is 1. The van der Waals surface area contributed by atoms with Crippen molar-refractivity contribution in [3.8, 4) is 0 Å². The van der Waals surface area contributed by atoms with Gasteiger partial charge in [-0.1, -0.05) is 6.07 Å². The molecule has 1 aromatic rings. The van der Waals surface area contributed by atoms with E-state index >= 15 is 0 Å². The molecule has 0 unspecified atom stereocenters. The SMILES string of the molecule is Cc1ccc(F)c(NC(=O)N2CCC[C@H]2C(=O)O)c1F. The fraction of sp³-hybridized carbons (Fsp3) is 0.385. The third-order valence-electron chi connectivity index (χ3n) is 3.31. The van der Waals surface area contributed by atoms with Crippen LogP contribution in [-0.2, 0) is 4.79 Å². The van der Waals surface area contributed by atoms with Crippen molar-refractivity contribution >= 4 is 17.7 Å². The van der Waals surface area contributed by atoms with Crippen LogP contribution >= 0.6 is 0 Å². The fourth-order valence-corrected chi connectivity index (χ4v) is 2.22. The molecule has 2 N–H and O–H groups in total. The van der Waals surface area contributed by atoms with Crippen molar-refractivity contribution in [1.29, 1.82) is 0 Å². The summed E-state index contributed by atoms with van der Waals surface area (Å²) < 4.78 is 27.3. The van der Waals surface area contributed by atoms with Crippen LogP contribution in [0.5, 0.6) is 0 Å². The van der Waals surface area contributed by atoms with Crippen LogP contribution in [0, 0.1) is 18.6 Å². The highest BCUT2D eigenvalue weighted by Crippen LogP contribution is 2.24. The minimum atomic E-state index is -1.12. The van der Waals surface area contributed by atoms with E-state index in [-0.39, 0.29) is 12.1 Å². The van der Waals surface area contributed by atoms with Crippen LogP contribution in [0.4, 0.5) is 19.3 Å². The monoisotopic (exact) mass is 284 g/mol. The third kappa shape index (κ3) is 2.56. The van der Waals surface area contributed by atoms with E-state index in [1.165, 1.54) is 13.0 Å². The summed E-state index contributed by atoms with van der Waals surface area (Å²) in [6, 6.07) is 0.548. The second-order valence-corrected chi connectivity index (χ2v) is 4.67. The number of nitrogens with zero attached hydrogens (tertiary/aromatic N) is 1. The number of amides is 2. The summed E-state index contributed by atoms with van der Waals surface area (Å²) in [5, 5.41) is 11.1. The summed E-state index contributed by atoms with van der Waals surface area (Å²) in [6.45, 7) is 1.69. The minimum absolute atomic E-state index is 0.193. The molecular formula is C13H14F2N2O3. The Morgan fingerprint density at radius 1 is 1.40 bits per heavy atom. The molecule has 7 heteroatoms. The molecule has 2 amide bonds. The lowest BCUT2D eigenvalue weighted by Crippen LogP contribution is -2.43. The molecule has 5 nitrogen and oxygen atoms in total. The number of nitrogens with one attached hydrogen (secondary N) is 1. The zero-order valence-electron chi connectivity index (χ0n) is 10.8. The summed E-state index contributed by atoms with van der Waals surface area (Å²) >= 11 is 0. The molecule has 1 aliphatic rings. The van der Waals surface area contributed by atoms with Gasteiger partial charge in [-0.05, 0) is 31.4 Å². The first-order chi connectivity index (χ1) is 9.41. The first kappa shape index (κ1) is 14.2. The summed E-state index contributed by atoms with van der Waals surface area (Å²) in [5.74, 6) is -2.88. The van der Waals surface area contributed by atoms with Gasteiger partial charge in [-0.3, -0.25) is 0 Å². The zero-order chi connectivity index (χ0) is 14.9. The van der Waals surface area contributed by atoms with E-state index in [0.29, 0.717) is 12.8 Å². The molecule has 1 aliphatic heterocycles. The van der Waals surface area contributed by atoms with Gasteiger partial charge < -0.3 is 15.3 Å². The summed E-state index contributed by atoms with van der Waals surface area (Å²) in [7, 11) is 0. The second-order valence-electron chi connectivity index (χ2n) is 4.67. The number of benzene rings is 1. The lowest BCUT2D eigenvalue weighted by Gasteiger charge is -2.22. The van der Waals surface area contributed by atoms with Gasteiger partial charge in [0.1, 0.15) is 17.5 Å². The Labute approximate surface area is 114 Å². The van der Waals surface area contributed by atoms with Gasteiger partial charge in [0.2, 0.25) is 0 Å². The van der Waals surface area contributed by atoms with E-state index in [4.69, 9.17) is 5.11 Å². The van der Waals surface area contributed by atoms with Gasteiger partial charge in [0, 0.05) is 6.54 Å². The van der Waals surface area contributed by atoms with Crippen molar-refractivity contribution in [1.82, 2.24) is 4.90 Å². The lowest BCUT2D eigenvalue weighted by atomic mass is 10.2. The Morgan fingerprint density at radius 3 is 2.75 bits per heavy atom. The Bertz CT molecular complexity index is 563. The molecular weight excluding hydrogens is 270 g/mol. The number of aliphatic carboxylic acids is 1. The van der Waals surface area contributed by atoms with Crippen LogP contribution in [0.2, 0.25) is 0 Å². The molecule has 1 heterocycles. The van der Waals surface area contributed by atoms with Crippen LogP contribution in [0.3, 0.4) is 0 Å². The van der Waals surface area contributed by atoms with E-state index in [1.54, 1.807) is 0 Å². The maximum atomic E-state index is 13.8. The van der Waals surface area contributed by atoms with E-state index in [1.807, 2.05) is 0 Å². The van der Waals surface area contributed by atoms with E-state index < -0.39 is 35.4 Å². The van der Waals surface area contributed by atoms with Crippen molar-refractivity contribution in [2.75, 3.05) is 11.9 Å². The Hall–Kier alpha value is -2.18. The average molecular weight is 284 g/mol. The van der Waals surface area contributed by atoms with Crippen LogP contribution < -0.4 is 5.32 Å². The van der Waals surface area contributed by atoms with Crippen molar-refractivity contribution in [3.05, 3.63) is 29.3 Å². The minimum Gasteiger partial charge on any atom is -0.480 e. The lowest BCUT2D eigenvalue weighted by molar-refractivity contribution is -0.141. The van der Waals surface area contributed by atoms with Gasteiger partial charge >= 0.3 is 12.0 Å². The number of carboxylic acids is 1. The van der Waals surface area contributed by atoms with Crippen LogP contribution in [0.1, 0.15) is 18.4 Å². The molecule has 1 fully saturated rings. The van der Waals surface area contributed by atoms with E-state index in [2.05, 4.69) is 5.32 Å². The van der Waals surface area contributed by atoms with Gasteiger partial charge in [0.15, 0.2) is 5.82 Å². The molecule has 108 valence electrons. The first-order valence-electron chi connectivity index (χ1n) is 6.17. The number of carbonyl (C=O) groups is 2. The Morgan fingerprint density at radius 2 is 2.10 bits per heavy atom. The molecule has 2 rings (SSSR count). The second kappa shape index (κ2) is 5.44. The first-order valence-corrected chi connectivity index (χ1v) is 6.17. The summed E-state index contributed by atoms with van der Waals surface area (Å²) in [4.78, 5) is 24.0. The van der Waals surface area contributed by atoms with Gasteiger partial charge in [0.05, 0.1) is 0 Å². The van der Waals surface area contributed by atoms with Crippen molar-refractivity contribution in [2.45, 2.75) is 25.8 Å². The van der Waals surface area contributed by atoms with Crippen LogP contribution in [0.15, 0.2) is 12.1 Å². The highest BCUT2D eigenvalue weighted by atomic mass is 19.1. The van der Waals surface area contributed by atoms with E-state index in [0.717, 1.165) is 11.0 Å². The molecule has 0 saturated carbocycles. The van der Waals surface area contributed by atoms with Gasteiger partial charge in [-0.15, -0.1) is 0 Å². The Kier molecular flexibility index (Phi) is 3.87. The topological polar surface area (TPSA) is 69.6 Å². The van der Waals surface area contributed by atoms with Crippen LogP contribution in [0.25, 0.3) is 0 Å². The number of rotatable bonds is 2. The highest BCUT2D eigenvalue weighted by Gasteiger charge is 2.34. The summed E-state index contributed by atoms with van der Waals surface area (Å²) in [6.07, 6.45) is 0.880. The number of halogens is 2. The molecule has 1 atom stereocenters. The fourth-order valence-electron chi connectivity index (χ4n) is 2.22. The van der Waals surface area contributed by atoms with Crippen molar-refractivity contribution in [2.24, 2.45) is 0 Å². The molecule has 0 bridgehead atoms. The smallest absolute Gasteiger partial charge is 0.326 e. The average Bonchev–Trinajstić information content (AvgIpc) is 2.88. The maximum absolute atomic E-state index is 13.8. The number of urea groups is 1. The molecule has 0 spiro atoms. The Balaban J connectivity index is 2.20. The van der Waals surface area contributed by atoms with Crippen LogP contribution in [-0.4, -0.2) is 34.6 Å². The normalized spacial score (nSPS) is 18.1. The largest absolute Gasteiger partial charge is 0.480 e. The van der Waals surface area contributed by atoms with Crippen molar-refractivity contribution < 1.29 is 23.5 Å². The zero-order valence-corrected chi connectivity index (χ0v) is 10.8. The van der Waals surface area contributed by atoms with Crippen molar-refractivity contribution in [3.63, 3.8) is 0 Å². The number of carboxylic acid groups (broad SMARTS) is 1. The molecule has 1 aromatic carbocycles. The number of hydrogen-bond acceptors (Lipinski definition) is 2. The molecule has 0 radical (unpaired) electrons. The standard InChI is InChI=1S/C13H14F2N2O3/c1-7-4-5-8(14)11(10(7)15)16-13(20)17-6-2-3-9(17)12(18)19/h4-5,9H,2-3,6H2,1H3,(H,16,20)(H,18,19)/t9-/m0/s1. The number of anilines is 1. The molecule has 0 aliphatic carbocycles. The predicted molar refractivity (Wildman–Crippen MR) is 67.5 cm³/mol. The summed E-state index contributed by atoms with van der Waals surface area (Å²) in [5.41, 5.74) is -0.357. The number of aryl methyl sites for hydroxylation is 1. The van der Waals surface area contributed by atoms with Gasteiger partial charge in [0.25, 0.3) is 0 Å². The van der Waals surface area contributed by atoms with E-state index in [9.17, 15) is 18.4 Å². The van der Waals surface area contributed by atoms with Gasteiger partial charge in [-0.2, -0.15) is 0 Å². The van der Waals surface area contributed by atoms with Gasteiger partial charge in [-0.25, -0.2) is 18.4 Å². The molecule has 20 heavy (non-hydrogen) atoms. The highest BCUT2D eigenvalue weighted by molar-refractivity contribution is 5.93. The maximum Gasteiger partial charge on any atom is 0.326 e. The number of carbonyl (C=O) groups excluding carboxylic acids is 1. The molecule has 0 aromatic heterocycles. The molecule has 1 saturated heterocycles.